The Morgan fingerprint density at radius 1 is 1.18 bits per heavy atom. The van der Waals surface area contributed by atoms with E-state index in [1.54, 1.807) is 24.3 Å². The minimum atomic E-state index is -0.301. The van der Waals surface area contributed by atoms with Gasteiger partial charge in [0.2, 0.25) is 5.88 Å². The largest absolute Gasteiger partial charge is 0.476 e. The van der Waals surface area contributed by atoms with E-state index >= 15 is 0 Å². The first-order chi connectivity index (χ1) is 13.5. The summed E-state index contributed by atoms with van der Waals surface area (Å²) in [5.74, 6) is 0.166. The number of carbonyl (C=O) groups excluding carboxylic acids is 1. The van der Waals surface area contributed by atoms with Crippen molar-refractivity contribution in [1.82, 2.24) is 4.90 Å². The average Bonchev–Trinajstić information content (AvgIpc) is 3.22. The number of nitrogens with zero attached hydrogens (tertiary/aromatic N) is 3. The second-order valence-electron chi connectivity index (χ2n) is 6.39. The van der Waals surface area contributed by atoms with Crippen LogP contribution in [0.3, 0.4) is 0 Å². The van der Waals surface area contributed by atoms with Gasteiger partial charge in [-0.1, -0.05) is 47.5 Å². The summed E-state index contributed by atoms with van der Waals surface area (Å²) in [7, 11) is 1.85. The molecule has 5 nitrogen and oxygen atoms in total. The van der Waals surface area contributed by atoms with Crippen LogP contribution in [0, 0.1) is 11.3 Å². The summed E-state index contributed by atoms with van der Waals surface area (Å²) in [6.07, 6.45) is 1.57. The molecule has 0 radical (unpaired) electrons. The lowest BCUT2D eigenvalue weighted by atomic mass is 10.0. The fraction of sp³-hybridized carbons (Fsp3) is 0.143. The molecule has 0 saturated carbocycles. The van der Waals surface area contributed by atoms with Crippen LogP contribution < -0.4 is 4.90 Å². The summed E-state index contributed by atoms with van der Waals surface area (Å²) in [5, 5.41) is 10.4. The summed E-state index contributed by atoms with van der Waals surface area (Å²) in [6, 6.07) is 14.6. The number of para-hydroxylation sites is 2. The molecule has 7 heteroatoms. The first kappa shape index (κ1) is 18.4. The highest BCUT2D eigenvalue weighted by atomic mass is 35.5. The molecule has 1 saturated heterocycles. The third kappa shape index (κ3) is 2.91. The average molecular weight is 412 g/mol. The molecule has 1 amide bonds. The number of fused-ring (bicyclic) bond motifs is 1. The van der Waals surface area contributed by atoms with Crippen molar-refractivity contribution in [2.24, 2.45) is 0 Å². The molecule has 0 aliphatic carbocycles. The lowest BCUT2D eigenvalue weighted by molar-refractivity contribution is -0.112. The summed E-state index contributed by atoms with van der Waals surface area (Å²) < 4.78 is 5.57. The number of amides is 1. The van der Waals surface area contributed by atoms with Crippen LogP contribution in [0.1, 0.15) is 5.56 Å². The van der Waals surface area contributed by atoms with Gasteiger partial charge >= 0.3 is 0 Å². The van der Waals surface area contributed by atoms with Gasteiger partial charge in [-0.25, -0.2) is 0 Å². The Morgan fingerprint density at radius 2 is 1.89 bits per heavy atom. The van der Waals surface area contributed by atoms with Gasteiger partial charge in [-0.15, -0.1) is 0 Å². The van der Waals surface area contributed by atoms with Gasteiger partial charge in [0.15, 0.2) is 0 Å². The zero-order chi connectivity index (χ0) is 19.8. The number of allylic oxidation sites excluding steroid dienone is 2. The zero-order valence-electron chi connectivity index (χ0n) is 14.9. The second-order valence-corrected chi connectivity index (χ2v) is 7.20. The van der Waals surface area contributed by atoms with E-state index in [2.05, 4.69) is 6.07 Å². The molecule has 140 valence electrons. The topological polar surface area (TPSA) is 56.6 Å². The maximum absolute atomic E-state index is 13.4. The molecule has 0 spiro atoms. The predicted molar refractivity (Wildman–Crippen MR) is 109 cm³/mol. The maximum Gasteiger partial charge on any atom is 0.263 e. The van der Waals surface area contributed by atoms with Crippen molar-refractivity contribution in [2.45, 2.75) is 0 Å². The number of hydrogen-bond acceptors (Lipinski definition) is 4. The number of nitriles is 1. The van der Waals surface area contributed by atoms with Gasteiger partial charge in [0.1, 0.15) is 18.2 Å². The van der Waals surface area contributed by atoms with E-state index in [-0.39, 0.29) is 5.91 Å². The number of rotatable bonds is 2. The quantitative estimate of drug-likeness (QED) is 0.528. The van der Waals surface area contributed by atoms with Gasteiger partial charge in [-0.2, -0.15) is 5.26 Å². The zero-order valence-corrected chi connectivity index (χ0v) is 16.5. The van der Waals surface area contributed by atoms with Crippen LogP contribution in [0.15, 0.2) is 60.0 Å². The van der Waals surface area contributed by atoms with Gasteiger partial charge in [0.25, 0.3) is 5.91 Å². The first-order valence-corrected chi connectivity index (χ1v) is 9.36. The van der Waals surface area contributed by atoms with E-state index in [1.165, 1.54) is 4.90 Å². The molecule has 2 aromatic carbocycles. The number of carbonyl (C=O) groups is 1. The molecule has 2 aliphatic rings. The number of benzene rings is 2. The lowest BCUT2D eigenvalue weighted by Crippen LogP contribution is -2.21. The van der Waals surface area contributed by atoms with Gasteiger partial charge in [0, 0.05) is 12.6 Å². The Kier molecular flexibility index (Phi) is 4.76. The molecule has 0 unspecified atom stereocenters. The van der Waals surface area contributed by atoms with Crippen LogP contribution in [0.25, 0.3) is 5.57 Å². The molecule has 2 aromatic rings. The van der Waals surface area contributed by atoms with Crippen molar-refractivity contribution in [3.8, 4) is 6.07 Å². The van der Waals surface area contributed by atoms with E-state index in [4.69, 9.17) is 27.9 Å². The molecular formula is C21H15Cl2N3O2. The minimum absolute atomic E-state index is 0.297. The second kappa shape index (κ2) is 7.23. The van der Waals surface area contributed by atoms with Gasteiger partial charge in [0.05, 0.1) is 33.5 Å². The lowest BCUT2D eigenvalue weighted by Gasteiger charge is -2.20. The standard InChI is InChI=1S/C21H15Cl2N3O2/c1-25-9-10-28-21(25)13(12-24)11-15-14-5-2-3-8-18(14)26(20(15)27)19-16(22)6-4-7-17(19)23/h2-8,11H,9-10H2,1H3. The van der Waals surface area contributed by atoms with Crippen LogP contribution >= 0.6 is 23.2 Å². The summed E-state index contributed by atoms with van der Waals surface area (Å²) in [5.41, 5.74) is 2.48. The molecular weight excluding hydrogens is 397 g/mol. The fourth-order valence-electron chi connectivity index (χ4n) is 3.37. The van der Waals surface area contributed by atoms with Crippen molar-refractivity contribution in [2.75, 3.05) is 25.1 Å². The Labute approximate surface area is 172 Å². The van der Waals surface area contributed by atoms with Crippen LogP contribution in [-0.2, 0) is 9.53 Å². The molecule has 0 atom stereocenters. The number of anilines is 2. The van der Waals surface area contributed by atoms with E-state index in [9.17, 15) is 10.1 Å². The summed E-state index contributed by atoms with van der Waals surface area (Å²) in [6.45, 7) is 1.20. The Morgan fingerprint density at radius 3 is 2.54 bits per heavy atom. The number of likely N-dealkylation sites (N-methyl/N-ethyl adjacent to an activating group) is 1. The van der Waals surface area contributed by atoms with Crippen molar-refractivity contribution >= 4 is 46.1 Å². The van der Waals surface area contributed by atoms with Crippen molar-refractivity contribution in [1.29, 1.82) is 5.26 Å². The maximum atomic E-state index is 13.4. The van der Waals surface area contributed by atoms with Gasteiger partial charge in [-0.05, 0) is 24.3 Å². The fourth-order valence-corrected chi connectivity index (χ4v) is 3.93. The van der Waals surface area contributed by atoms with E-state index in [1.807, 2.05) is 36.2 Å². The predicted octanol–water partition coefficient (Wildman–Crippen LogP) is 4.75. The molecule has 0 bridgehead atoms. The van der Waals surface area contributed by atoms with Crippen molar-refractivity contribution < 1.29 is 9.53 Å². The third-order valence-electron chi connectivity index (χ3n) is 4.68. The van der Waals surface area contributed by atoms with E-state index in [0.717, 1.165) is 0 Å². The molecule has 28 heavy (non-hydrogen) atoms. The van der Waals surface area contributed by atoms with Crippen molar-refractivity contribution in [3.63, 3.8) is 0 Å². The molecule has 1 fully saturated rings. The molecule has 4 rings (SSSR count). The van der Waals surface area contributed by atoms with E-state index in [0.29, 0.717) is 57.2 Å². The molecule has 2 aliphatic heterocycles. The van der Waals surface area contributed by atoms with Crippen LogP contribution in [0.4, 0.5) is 11.4 Å². The highest BCUT2D eigenvalue weighted by molar-refractivity contribution is 6.44. The smallest absolute Gasteiger partial charge is 0.263 e. The number of hydrogen-bond donors (Lipinski definition) is 0. The minimum Gasteiger partial charge on any atom is -0.476 e. The third-order valence-corrected chi connectivity index (χ3v) is 5.29. The Balaban J connectivity index is 1.90. The van der Waals surface area contributed by atoms with Crippen LogP contribution in [-0.4, -0.2) is 31.0 Å². The molecule has 0 N–H and O–H groups in total. The van der Waals surface area contributed by atoms with E-state index < -0.39 is 0 Å². The first-order valence-electron chi connectivity index (χ1n) is 8.61. The normalized spacial score (nSPS) is 18.9. The number of halogens is 2. The van der Waals surface area contributed by atoms with Crippen LogP contribution in [0.5, 0.6) is 0 Å². The number of ether oxygens (including phenoxy) is 1. The van der Waals surface area contributed by atoms with Gasteiger partial charge in [-0.3, -0.25) is 9.69 Å². The Bertz CT molecular complexity index is 1070. The summed E-state index contributed by atoms with van der Waals surface area (Å²) >= 11 is 12.7. The van der Waals surface area contributed by atoms with Crippen molar-refractivity contribution in [3.05, 3.63) is 75.6 Å². The molecule has 0 aromatic heterocycles. The monoisotopic (exact) mass is 411 g/mol. The van der Waals surface area contributed by atoms with Gasteiger partial charge < -0.3 is 9.64 Å². The highest BCUT2D eigenvalue weighted by Gasteiger charge is 2.36. The van der Waals surface area contributed by atoms with Crippen LogP contribution in [0.2, 0.25) is 10.0 Å². The Hall–Kier alpha value is -2.94. The summed E-state index contributed by atoms with van der Waals surface area (Å²) in [4.78, 5) is 16.7. The highest BCUT2D eigenvalue weighted by Crippen LogP contribution is 2.46. The molecule has 2 heterocycles. The SMILES string of the molecule is CN1CCOC1=C(C#N)C=C1C(=O)N(c2c(Cl)cccc2Cl)c2ccccc21.